The fourth-order valence-corrected chi connectivity index (χ4v) is 2.73. The van der Waals surface area contributed by atoms with Gasteiger partial charge in [0.1, 0.15) is 11.4 Å². The van der Waals surface area contributed by atoms with Gasteiger partial charge in [-0.15, -0.1) is 0 Å². The first-order valence-corrected chi connectivity index (χ1v) is 8.70. The molecule has 3 aromatic rings. The van der Waals surface area contributed by atoms with Crippen molar-refractivity contribution < 1.29 is 13.6 Å². The average molecular weight is 390 g/mol. The molecule has 1 aromatic heterocycles. The number of carbonyl (C=O) groups excluding carboxylic acids is 1. The Labute approximate surface area is 159 Å². The zero-order chi connectivity index (χ0) is 19.4. The lowest BCUT2D eigenvalue weighted by molar-refractivity contribution is 0.262. The van der Waals surface area contributed by atoms with Crippen molar-refractivity contribution in [3.8, 4) is 0 Å². The molecule has 0 atom stereocenters. The van der Waals surface area contributed by atoms with Crippen LogP contribution in [0.15, 0.2) is 51.7 Å². The normalized spacial score (nSPS) is 10.6. The monoisotopic (exact) mass is 389 g/mol. The maximum absolute atomic E-state index is 13.2. The largest absolute Gasteiger partial charge is 0.421 e. The summed E-state index contributed by atoms with van der Waals surface area (Å²) < 4.78 is 18.5. The lowest BCUT2D eigenvalue weighted by Gasteiger charge is -2.14. The third kappa shape index (κ3) is 4.20. The highest BCUT2D eigenvalue weighted by molar-refractivity contribution is 6.31. The molecule has 2 aromatic carbocycles. The maximum Gasteiger partial charge on any atom is 0.362 e. The fraction of sp³-hybridized carbons (Fsp3) is 0.158. The number of halogens is 2. The molecule has 0 aliphatic carbocycles. The topological polar surface area (TPSA) is 83.4 Å². The van der Waals surface area contributed by atoms with Crippen LogP contribution < -0.4 is 21.6 Å². The summed E-state index contributed by atoms with van der Waals surface area (Å²) in [5, 5.41) is 8.72. The smallest absolute Gasteiger partial charge is 0.362 e. The van der Waals surface area contributed by atoms with E-state index < -0.39 is 17.5 Å². The molecule has 3 rings (SSSR count). The van der Waals surface area contributed by atoms with Gasteiger partial charge in [0.15, 0.2) is 5.69 Å². The van der Waals surface area contributed by atoms with Crippen molar-refractivity contribution in [2.75, 3.05) is 22.5 Å². The van der Waals surface area contributed by atoms with E-state index in [2.05, 4.69) is 16.0 Å². The highest BCUT2D eigenvalue weighted by Gasteiger charge is 2.17. The van der Waals surface area contributed by atoms with Gasteiger partial charge in [-0.25, -0.2) is 14.0 Å². The van der Waals surface area contributed by atoms with Crippen molar-refractivity contribution in [2.24, 2.45) is 0 Å². The Bertz CT molecular complexity index is 1050. The Hall–Kier alpha value is -3.06. The zero-order valence-electron chi connectivity index (χ0n) is 14.4. The number of para-hydroxylation sites is 1. The van der Waals surface area contributed by atoms with Crippen molar-refractivity contribution in [2.45, 2.75) is 13.3 Å². The molecule has 0 fully saturated rings. The Balaban J connectivity index is 1.92. The predicted molar refractivity (Wildman–Crippen MR) is 105 cm³/mol. The molecule has 0 radical (unpaired) electrons. The molecule has 0 aliphatic heterocycles. The SMILES string of the molecule is CCCNc1c(NC(=O)Nc2ccc(F)c(Cl)c2)c(=O)oc2ccccc12. The molecule has 0 saturated carbocycles. The van der Waals surface area contributed by atoms with Gasteiger partial charge in [0.05, 0.1) is 10.7 Å². The van der Waals surface area contributed by atoms with Gasteiger partial charge in [-0.05, 0) is 36.8 Å². The average Bonchev–Trinajstić information content (AvgIpc) is 2.64. The summed E-state index contributed by atoms with van der Waals surface area (Å²) in [5.41, 5.74) is 0.493. The molecular weight excluding hydrogens is 373 g/mol. The van der Waals surface area contributed by atoms with Gasteiger partial charge in [0.25, 0.3) is 0 Å². The minimum Gasteiger partial charge on any atom is -0.421 e. The van der Waals surface area contributed by atoms with Crippen molar-refractivity contribution in [3.05, 3.63) is 63.7 Å². The maximum atomic E-state index is 13.2. The summed E-state index contributed by atoms with van der Waals surface area (Å²) in [6, 6.07) is 10.1. The molecule has 3 N–H and O–H groups in total. The number of nitrogens with one attached hydrogen (secondary N) is 3. The van der Waals surface area contributed by atoms with Crippen LogP contribution in [-0.2, 0) is 0 Å². The van der Waals surface area contributed by atoms with Gasteiger partial charge in [0.2, 0.25) is 0 Å². The van der Waals surface area contributed by atoms with Crippen LogP contribution in [-0.4, -0.2) is 12.6 Å². The summed E-state index contributed by atoms with van der Waals surface area (Å²) in [7, 11) is 0. The van der Waals surface area contributed by atoms with Gasteiger partial charge < -0.3 is 15.1 Å². The molecule has 8 heteroatoms. The number of amides is 2. The molecular formula is C19H17ClFN3O3. The van der Waals surface area contributed by atoms with E-state index in [-0.39, 0.29) is 16.4 Å². The number of hydrogen-bond donors (Lipinski definition) is 3. The van der Waals surface area contributed by atoms with E-state index in [1.807, 2.05) is 13.0 Å². The number of rotatable bonds is 5. The molecule has 0 unspecified atom stereocenters. The van der Waals surface area contributed by atoms with Crippen LogP contribution in [0.25, 0.3) is 11.0 Å². The van der Waals surface area contributed by atoms with Gasteiger partial charge in [0, 0.05) is 17.6 Å². The predicted octanol–water partition coefficient (Wildman–Crippen LogP) is 5.05. The van der Waals surface area contributed by atoms with E-state index in [1.54, 1.807) is 18.2 Å². The summed E-state index contributed by atoms with van der Waals surface area (Å²) in [4.78, 5) is 24.7. The number of benzene rings is 2. The molecule has 1 heterocycles. The first kappa shape index (κ1) is 18.7. The molecule has 6 nitrogen and oxygen atoms in total. The van der Waals surface area contributed by atoms with Crippen LogP contribution in [0.1, 0.15) is 13.3 Å². The molecule has 0 spiro atoms. The van der Waals surface area contributed by atoms with Crippen molar-refractivity contribution in [3.63, 3.8) is 0 Å². The Kier molecular flexibility index (Phi) is 5.61. The van der Waals surface area contributed by atoms with Crippen LogP contribution in [0.4, 0.5) is 26.2 Å². The molecule has 140 valence electrons. The van der Waals surface area contributed by atoms with Crippen molar-refractivity contribution in [1.82, 2.24) is 0 Å². The summed E-state index contributed by atoms with van der Waals surface area (Å²) in [6.45, 7) is 2.59. The van der Waals surface area contributed by atoms with Crippen molar-refractivity contribution >= 4 is 45.7 Å². The van der Waals surface area contributed by atoms with E-state index in [9.17, 15) is 14.0 Å². The standard InChI is InChI=1S/C19H17ClFN3O3/c1-2-9-22-16-12-5-3-4-6-15(12)27-18(25)17(16)24-19(26)23-11-7-8-14(21)13(20)10-11/h3-8,10,22H,2,9H2,1H3,(H2,23,24,26). The molecule has 2 amide bonds. The Morgan fingerprint density at radius 2 is 1.93 bits per heavy atom. The second kappa shape index (κ2) is 8.09. The van der Waals surface area contributed by atoms with Gasteiger partial charge in [-0.3, -0.25) is 5.32 Å². The van der Waals surface area contributed by atoms with Crippen molar-refractivity contribution in [1.29, 1.82) is 0 Å². The highest BCUT2D eigenvalue weighted by atomic mass is 35.5. The number of carbonyl (C=O) groups is 1. The summed E-state index contributed by atoms with van der Waals surface area (Å²) in [5.74, 6) is -0.594. The zero-order valence-corrected chi connectivity index (χ0v) is 15.2. The van der Waals surface area contributed by atoms with E-state index in [0.717, 1.165) is 12.5 Å². The Morgan fingerprint density at radius 3 is 2.67 bits per heavy atom. The van der Waals surface area contributed by atoms with E-state index in [1.165, 1.54) is 12.1 Å². The Morgan fingerprint density at radius 1 is 1.15 bits per heavy atom. The fourth-order valence-electron chi connectivity index (χ4n) is 2.55. The number of fused-ring (bicyclic) bond motifs is 1. The molecule has 0 saturated heterocycles. The first-order chi connectivity index (χ1) is 13.0. The number of hydrogen-bond acceptors (Lipinski definition) is 4. The minimum absolute atomic E-state index is 0.00661. The highest BCUT2D eigenvalue weighted by Crippen LogP contribution is 2.28. The molecule has 27 heavy (non-hydrogen) atoms. The minimum atomic E-state index is -0.681. The lowest BCUT2D eigenvalue weighted by atomic mass is 10.2. The van der Waals surface area contributed by atoms with Crippen LogP contribution in [0.2, 0.25) is 5.02 Å². The van der Waals surface area contributed by atoms with E-state index >= 15 is 0 Å². The van der Waals surface area contributed by atoms with Crippen LogP contribution >= 0.6 is 11.6 Å². The first-order valence-electron chi connectivity index (χ1n) is 8.32. The van der Waals surface area contributed by atoms with E-state index in [4.69, 9.17) is 16.0 Å². The second-order valence-corrected chi connectivity index (χ2v) is 6.18. The van der Waals surface area contributed by atoms with Gasteiger partial charge >= 0.3 is 11.7 Å². The molecule has 0 aliphatic rings. The summed E-state index contributed by atoms with van der Waals surface area (Å²) >= 11 is 5.71. The summed E-state index contributed by atoms with van der Waals surface area (Å²) in [6.07, 6.45) is 0.828. The third-order valence-electron chi connectivity index (χ3n) is 3.78. The lowest BCUT2D eigenvalue weighted by Crippen LogP contribution is -2.24. The van der Waals surface area contributed by atoms with Crippen LogP contribution in [0.3, 0.4) is 0 Å². The number of anilines is 3. The van der Waals surface area contributed by atoms with Crippen LogP contribution in [0.5, 0.6) is 0 Å². The van der Waals surface area contributed by atoms with Crippen LogP contribution in [0, 0.1) is 5.82 Å². The number of urea groups is 1. The second-order valence-electron chi connectivity index (χ2n) is 5.77. The van der Waals surface area contributed by atoms with Gasteiger partial charge in [-0.2, -0.15) is 0 Å². The van der Waals surface area contributed by atoms with E-state index in [0.29, 0.717) is 23.2 Å². The quantitative estimate of drug-likeness (QED) is 0.533. The van der Waals surface area contributed by atoms with Gasteiger partial charge in [-0.1, -0.05) is 30.7 Å². The molecule has 0 bridgehead atoms. The third-order valence-corrected chi connectivity index (χ3v) is 4.07.